The first kappa shape index (κ1) is 19.7. The number of benzene rings is 1. The van der Waals surface area contributed by atoms with Crippen molar-refractivity contribution in [2.45, 2.75) is 13.0 Å². The average molecular weight is 384 g/mol. The summed E-state index contributed by atoms with van der Waals surface area (Å²) in [5, 5.41) is 2.97. The smallest absolute Gasteiger partial charge is 0.319 e. The van der Waals surface area contributed by atoms with Gasteiger partial charge in [0.25, 0.3) is 0 Å². The molecular weight excluding hydrogens is 356 g/mol. The standard InChI is InChI=1S/C20H28N6O2/c1-23(2)20(28)25-14-12-24(13-15-25)19(27)22-9-8-18-21-10-11-26(18)16-17-6-4-3-5-7-17/h3-7,10-11H,8-9,12-16H2,1-2H3,(H,22,27). The number of hydrogen-bond donors (Lipinski definition) is 1. The Morgan fingerprint density at radius 3 is 2.43 bits per heavy atom. The molecule has 0 spiro atoms. The van der Waals surface area contributed by atoms with Crippen molar-refractivity contribution in [1.82, 2.24) is 29.6 Å². The molecule has 1 aliphatic heterocycles. The van der Waals surface area contributed by atoms with E-state index in [-0.39, 0.29) is 12.1 Å². The summed E-state index contributed by atoms with van der Waals surface area (Å²) in [5.41, 5.74) is 1.22. The van der Waals surface area contributed by atoms with Gasteiger partial charge in [-0.05, 0) is 5.56 Å². The van der Waals surface area contributed by atoms with Crippen LogP contribution in [-0.2, 0) is 13.0 Å². The Morgan fingerprint density at radius 1 is 1.07 bits per heavy atom. The third-order valence-corrected chi connectivity index (χ3v) is 4.84. The van der Waals surface area contributed by atoms with E-state index in [1.54, 1.807) is 35.0 Å². The molecule has 0 aliphatic carbocycles. The van der Waals surface area contributed by atoms with Crippen molar-refractivity contribution in [3.05, 3.63) is 54.1 Å². The topological polar surface area (TPSA) is 73.7 Å². The zero-order chi connectivity index (χ0) is 19.9. The summed E-state index contributed by atoms with van der Waals surface area (Å²) in [7, 11) is 3.48. The van der Waals surface area contributed by atoms with E-state index in [2.05, 4.69) is 27.0 Å². The number of carbonyl (C=O) groups is 2. The van der Waals surface area contributed by atoms with Crippen LogP contribution in [0.1, 0.15) is 11.4 Å². The molecule has 2 heterocycles. The summed E-state index contributed by atoms with van der Waals surface area (Å²) in [5.74, 6) is 0.950. The van der Waals surface area contributed by atoms with Crippen molar-refractivity contribution < 1.29 is 9.59 Å². The number of imidazole rings is 1. The lowest BCUT2D eigenvalue weighted by Gasteiger charge is -2.35. The molecule has 0 saturated carbocycles. The van der Waals surface area contributed by atoms with Gasteiger partial charge >= 0.3 is 12.1 Å². The van der Waals surface area contributed by atoms with Gasteiger partial charge in [-0.15, -0.1) is 0 Å². The maximum atomic E-state index is 12.4. The molecule has 1 N–H and O–H groups in total. The summed E-state index contributed by atoms with van der Waals surface area (Å²) in [6.45, 7) is 3.52. The number of nitrogens with one attached hydrogen (secondary N) is 1. The van der Waals surface area contributed by atoms with Gasteiger partial charge in [-0.25, -0.2) is 14.6 Å². The molecule has 1 aromatic carbocycles. The van der Waals surface area contributed by atoms with E-state index in [1.807, 2.05) is 24.4 Å². The van der Waals surface area contributed by atoms with E-state index >= 15 is 0 Å². The van der Waals surface area contributed by atoms with Gasteiger partial charge in [0.1, 0.15) is 5.82 Å². The number of aromatic nitrogens is 2. The van der Waals surface area contributed by atoms with Gasteiger partial charge in [-0.3, -0.25) is 0 Å². The molecule has 0 unspecified atom stereocenters. The quantitative estimate of drug-likeness (QED) is 0.849. The van der Waals surface area contributed by atoms with Crippen LogP contribution in [0.15, 0.2) is 42.7 Å². The maximum Gasteiger partial charge on any atom is 0.319 e. The minimum atomic E-state index is -0.0851. The van der Waals surface area contributed by atoms with Crippen molar-refractivity contribution in [3.63, 3.8) is 0 Å². The van der Waals surface area contributed by atoms with Gasteiger partial charge in [0, 0.05) is 72.2 Å². The fraction of sp³-hybridized carbons (Fsp3) is 0.450. The summed E-state index contributed by atoms with van der Waals surface area (Å²) < 4.78 is 2.10. The average Bonchev–Trinajstić information content (AvgIpc) is 3.15. The summed E-state index contributed by atoms with van der Waals surface area (Å²) in [6, 6.07) is 10.1. The normalized spacial score (nSPS) is 14.1. The number of urea groups is 2. The molecule has 2 aromatic rings. The van der Waals surface area contributed by atoms with Crippen molar-refractivity contribution in [1.29, 1.82) is 0 Å². The predicted octanol–water partition coefficient (Wildman–Crippen LogP) is 1.48. The minimum absolute atomic E-state index is 0.00897. The third kappa shape index (κ3) is 5.03. The number of rotatable bonds is 5. The Hall–Kier alpha value is -3.03. The van der Waals surface area contributed by atoms with Crippen LogP contribution in [-0.4, -0.2) is 83.1 Å². The molecule has 1 aliphatic rings. The monoisotopic (exact) mass is 384 g/mol. The zero-order valence-corrected chi connectivity index (χ0v) is 16.5. The Morgan fingerprint density at radius 2 is 1.75 bits per heavy atom. The van der Waals surface area contributed by atoms with E-state index in [9.17, 15) is 9.59 Å². The highest BCUT2D eigenvalue weighted by Crippen LogP contribution is 2.07. The Balaban J connectivity index is 1.43. The van der Waals surface area contributed by atoms with Crippen LogP contribution in [0.4, 0.5) is 9.59 Å². The van der Waals surface area contributed by atoms with Crippen LogP contribution in [0.2, 0.25) is 0 Å². The van der Waals surface area contributed by atoms with Crippen LogP contribution in [0.5, 0.6) is 0 Å². The van der Waals surface area contributed by atoms with E-state index in [0.29, 0.717) is 39.1 Å². The molecule has 8 nitrogen and oxygen atoms in total. The highest BCUT2D eigenvalue weighted by Gasteiger charge is 2.24. The van der Waals surface area contributed by atoms with Crippen molar-refractivity contribution in [2.75, 3.05) is 46.8 Å². The third-order valence-electron chi connectivity index (χ3n) is 4.84. The molecule has 1 fully saturated rings. The van der Waals surface area contributed by atoms with Crippen LogP contribution >= 0.6 is 0 Å². The molecule has 8 heteroatoms. The lowest BCUT2D eigenvalue weighted by Crippen LogP contribution is -2.55. The molecule has 28 heavy (non-hydrogen) atoms. The lowest BCUT2D eigenvalue weighted by molar-refractivity contribution is 0.129. The fourth-order valence-electron chi connectivity index (χ4n) is 3.27. The first-order chi connectivity index (χ1) is 13.5. The Labute approximate surface area is 165 Å². The second-order valence-electron chi connectivity index (χ2n) is 7.09. The molecule has 150 valence electrons. The summed E-state index contributed by atoms with van der Waals surface area (Å²) in [4.78, 5) is 33.9. The zero-order valence-electron chi connectivity index (χ0n) is 16.5. The first-order valence-corrected chi connectivity index (χ1v) is 9.57. The van der Waals surface area contributed by atoms with E-state index in [0.717, 1.165) is 12.4 Å². The van der Waals surface area contributed by atoms with Crippen molar-refractivity contribution >= 4 is 12.1 Å². The van der Waals surface area contributed by atoms with Gasteiger partial charge in [0.2, 0.25) is 0 Å². The number of hydrogen-bond acceptors (Lipinski definition) is 3. The summed E-state index contributed by atoms with van der Waals surface area (Å²) in [6.07, 6.45) is 4.43. The van der Waals surface area contributed by atoms with Crippen LogP contribution < -0.4 is 5.32 Å². The second-order valence-corrected chi connectivity index (χ2v) is 7.09. The predicted molar refractivity (Wildman–Crippen MR) is 107 cm³/mol. The molecule has 0 atom stereocenters. The second kappa shape index (κ2) is 9.25. The summed E-state index contributed by atoms with van der Waals surface area (Å²) >= 11 is 0. The first-order valence-electron chi connectivity index (χ1n) is 9.57. The Bertz CT molecular complexity index is 781. The van der Waals surface area contributed by atoms with Crippen LogP contribution in [0, 0.1) is 0 Å². The van der Waals surface area contributed by atoms with Gasteiger partial charge < -0.3 is 24.6 Å². The highest BCUT2D eigenvalue weighted by atomic mass is 16.2. The molecular formula is C20H28N6O2. The molecule has 3 rings (SSSR count). The van der Waals surface area contributed by atoms with E-state index in [1.165, 1.54) is 5.56 Å². The van der Waals surface area contributed by atoms with E-state index < -0.39 is 0 Å². The number of amides is 4. The number of carbonyl (C=O) groups excluding carboxylic acids is 2. The molecule has 1 aromatic heterocycles. The molecule has 1 saturated heterocycles. The minimum Gasteiger partial charge on any atom is -0.338 e. The Kier molecular flexibility index (Phi) is 6.52. The highest BCUT2D eigenvalue weighted by molar-refractivity contribution is 5.76. The van der Waals surface area contributed by atoms with Crippen molar-refractivity contribution in [2.24, 2.45) is 0 Å². The molecule has 0 bridgehead atoms. The van der Waals surface area contributed by atoms with E-state index in [4.69, 9.17) is 0 Å². The molecule has 0 radical (unpaired) electrons. The van der Waals surface area contributed by atoms with Crippen LogP contribution in [0.25, 0.3) is 0 Å². The largest absolute Gasteiger partial charge is 0.338 e. The van der Waals surface area contributed by atoms with Gasteiger partial charge in [0.15, 0.2) is 0 Å². The van der Waals surface area contributed by atoms with Crippen LogP contribution in [0.3, 0.4) is 0 Å². The molecule has 4 amide bonds. The fourth-order valence-corrected chi connectivity index (χ4v) is 3.27. The van der Waals surface area contributed by atoms with Crippen molar-refractivity contribution in [3.8, 4) is 0 Å². The van der Waals surface area contributed by atoms with Gasteiger partial charge in [0.05, 0.1) is 0 Å². The number of nitrogens with zero attached hydrogens (tertiary/aromatic N) is 5. The van der Waals surface area contributed by atoms with Gasteiger partial charge in [-0.1, -0.05) is 30.3 Å². The number of piperazine rings is 1. The SMILES string of the molecule is CN(C)C(=O)N1CCN(C(=O)NCCc2nccn2Cc2ccccc2)CC1. The lowest BCUT2D eigenvalue weighted by atomic mass is 10.2. The maximum absolute atomic E-state index is 12.4. The van der Waals surface area contributed by atoms with Gasteiger partial charge in [-0.2, -0.15) is 0 Å².